The van der Waals surface area contributed by atoms with Gasteiger partial charge in [0.1, 0.15) is 10.3 Å². The van der Waals surface area contributed by atoms with E-state index >= 15 is 0 Å². The fourth-order valence-electron chi connectivity index (χ4n) is 2.01. The second kappa shape index (κ2) is 8.41. The molecule has 0 amide bonds. The standard InChI is InChI=1S/C17H21NO4S2/c1-13(2)10-11-22-17(19)16(14-7-4-3-5-8-14)18-24(20,21)15-9-6-12-23-15/h3-9,12-13,16,18H,10-11H2,1-2H3/t16-/m0/s1. The second-order valence-electron chi connectivity index (χ2n) is 5.75. The molecule has 0 saturated heterocycles. The van der Waals surface area contributed by atoms with Crippen LogP contribution in [0.25, 0.3) is 0 Å². The molecule has 1 N–H and O–H groups in total. The first-order chi connectivity index (χ1) is 11.4. The van der Waals surface area contributed by atoms with E-state index in [0.29, 0.717) is 11.5 Å². The Morgan fingerprint density at radius 1 is 1.17 bits per heavy atom. The molecule has 130 valence electrons. The summed E-state index contributed by atoms with van der Waals surface area (Å²) < 4.78 is 32.8. The van der Waals surface area contributed by atoms with E-state index in [1.807, 2.05) is 13.8 Å². The van der Waals surface area contributed by atoms with Gasteiger partial charge in [-0.3, -0.25) is 0 Å². The third-order valence-corrected chi connectivity index (χ3v) is 6.16. The van der Waals surface area contributed by atoms with Crippen LogP contribution in [0.5, 0.6) is 0 Å². The van der Waals surface area contributed by atoms with Gasteiger partial charge in [-0.1, -0.05) is 50.2 Å². The molecule has 1 aromatic carbocycles. The Labute approximate surface area is 146 Å². The molecule has 0 saturated carbocycles. The molecule has 0 aliphatic heterocycles. The van der Waals surface area contributed by atoms with Gasteiger partial charge in [-0.15, -0.1) is 11.3 Å². The lowest BCUT2D eigenvalue weighted by molar-refractivity contribution is -0.146. The van der Waals surface area contributed by atoms with Gasteiger partial charge in [-0.05, 0) is 29.3 Å². The highest BCUT2D eigenvalue weighted by Gasteiger charge is 2.29. The van der Waals surface area contributed by atoms with Crippen LogP contribution in [0, 0.1) is 5.92 Å². The number of esters is 1. The van der Waals surface area contributed by atoms with E-state index in [9.17, 15) is 13.2 Å². The zero-order valence-corrected chi connectivity index (χ0v) is 15.3. The number of hydrogen-bond donors (Lipinski definition) is 1. The van der Waals surface area contributed by atoms with Gasteiger partial charge in [0.25, 0.3) is 10.0 Å². The monoisotopic (exact) mass is 367 g/mol. The summed E-state index contributed by atoms with van der Waals surface area (Å²) in [5.74, 6) is -0.197. The largest absolute Gasteiger partial charge is 0.464 e. The summed E-state index contributed by atoms with van der Waals surface area (Å²) in [6.07, 6.45) is 0.727. The molecular weight excluding hydrogens is 346 g/mol. The molecule has 0 fully saturated rings. The Morgan fingerprint density at radius 2 is 1.88 bits per heavy atom. The van der Waals surface area contributed by atoms with E-state index in [1.54, 1.807) is 41.8 Å². The molecule has 24 heavy (non-hydrogen) atoms. The predicted molar refractivity (Wildman–Crippen MR) is 94.2 cm³/mol. The number of hydrogen-bond acceptors (Lipinski definition) is 5. The number of carbonyl (C=O) groups excluding carboxylic acids is 1. The lowest BCUT2D eigenvalue weighted by atomic mass is 10.1. The molecule has 2 aromatic rings. The second-order valence-corrected chi connectivity index (χ2v) is 8.64. The minimum absolute atomic E-state index is 0.165. The zero-order valence-electron chi connectivity index (χ0n) is 13.6. The predicted octanol–water partition coefficient (Wildman–Crippen LogP) is 3.36. The van der Waals surface area contributed by atoms with Crippen LogP contribution in [0.3, 0.4) is 0 Å². The first-order valence-corrected chi connectivity index (χ1v) is 10.0. The maximum absolute atomic E-state index is 12.5. The first-order valence-electron chi connectivity index (χ1n) is 7.67. The molecule has 1 heterocycles. The van der Waals surface area contributed by atoms with Crippen LogP contribution in [0.15, 0.2) is 52.1 Å². The van der Waals surface area contributed by atoms with Crippen molar-refractivity contribution in [2.45, 2.75) is 30.5 Å². The van der Waals surface area contributed by atoms with Crippen molar-refractivity contribution < 1.29 is 17.9 Å². The zero-order chi connectivity index (χ0) is 17.6. The molecular formula is C17H21NO4S2. The maximum Gasteiger partial charge on any atom is 0.328 e. The summed E-state index contributed by atoms with van der Waals surface area (Å²) >= 11 is 1.10. The lowest BCUT2D eigenvalue weighted by Gasteiger charge is -2.18. The smallest absolute Gasteiger partial charge is 0.328 e. The van der Waals surface area contributed by atoms with Crippen molar-refractivity contribution >= 4 is 27.3 Å². The highest BCUT2D eigenvalue weighted by atomic mass is 32.2. The molecule has 7 heteroatoms. The minimum atomic E-state index is -3.78. The van der Waals surface area contributed by atoms with Crippen LogP contribution in [0.1, 0.15) is 31.9 Å². The van der Waals surface area contributed by atoms with E-state index in [-0.39, 0.29) is 10.8 Å². The van der Waals surface area contributed by atoms with Gasteiger partial charge in [0.05, 0.1) is 6.61 Å². The van der Waals surface area contributed by atoms with Crippen molar-refractivity contribution in [2.75, 3.05) is 6.61 Å². The highest BCUT2D eigenvalue weighted by Crippen LogP contribution is 2.21. The topological polar surface area (TPSA) is 72.5 Å². The van der Waals surface area contributed by atoms with Crippen LogP contribution in [-0.2, 0) is 19.6 Å². The summed E-state index contributed by atoms with van der Waals surface area (Å²) in [6, 6.07) is 10.8. The Hall–Kier alpha value is -1.70. The summed E-state index contributed by atoms with van der Waals surface area (Å²) in [4.78, 5) is 12.4. The Morgan fingerprint density at radius 3 is 2.46 bits per heavy atom. The highest BCUT2D eigenvalue weighted by molar-refractivity contribution is 7.91. The molecule has 0 bridgehead atoms. The van der Waals surface area contributed by atoms with Crippen molar-refractivity contribution in [3.05, 3.63) is 53.4 Å². The number of thiophene rings is 1. The van der Waals surface area contributed by atoms with E-state index in [1.165, 1.54) is 6.07 Å². The number of rotatable bonds is 8. The fraction of sp³-hybridized carbons (Fsp3) is 0.353. The van der Waals surface area contributed by atoms with Crippen LogP contribution < -0.4 is 4.72 Å². The SMILES string of the molecule is CC(C)CCOC(=O)[C@@H](NS(=O)(=O)c1cccs1)c1ccccc1. The van der Waals surface area contributed by atoms with Crippen molar-refractivity contribution in [2.24, 2.45) is 5.92 Å². The van der Waals surface area contributed by atoms with Crippen LogP contribution in [0.4, 0.5) is 0 Å². The van der Waals surface area contributed by atoms with Crippen molar-refractivity contribution in [3.8, 4) is 0 Å². The third kappa shape index (κ3) is 5.15. The van der Waals surface area contributed by atoms with Gasteiger partial charge >= 0.3 is 5.97 Å². The van der Waals surface area contributed by atoms with Gasteiger partial charge in [0, 0.05) is 0 Å². The van der Waals surface area contributed by atoms with E-state index in [4.69, 9.17) is 4.74 Å². The maximum atomic E-state index is 12.5. The summed E-state index contributed by atoms with van der Waals surface area (Å²) in [7, 11) is -3.78. The molecule has 0 aliphatic carbocycles. The van der Waals surface area contributed by atoms with Gasteiger partial charge in [-0.25, -0.2) is 13.2 Å². The molecule has 0 spiro atoms. The quantitative estimate of drug-likeness (QED) is 0.726. The molecule has 0 aliphatic rings. The normalized spacial score (nSPS) is 13.0. The average Bonchev–Trinajstić information content (AvgIpc) is 3.08. The lowest BCUT2D eigenvalue weighted by Crippen LogP contribution is -2.34. The van der Waals surface area contributed by atoms with Crippen LogP contribution >= 0.6 is 11.3 Å². The minimum Gasteiger partial charge on any atom is -0.464 e. The number of ether oxygens (including phenoxy) is 1. The van der Waals surface area contributed by atoms with Gasteiger partial charge in [0.15, 0.2) is 0 Å². The van der Waals surface area contributed by atoms with Crippen molar-refractivity contribution in [1.29, 1.82) is 0 Å². The molecule has 0 unspecified atom stereocenters. The Bertz CT molecular complexity index is 740. The van der Waals surface area contributed by atoms with Crippen LogP contribution in [-0.4, -0.2) is 21.0 Å². The van der Waals surface area contributed by atoms with Crippen LogP contribution in [0.2, 0.25) is 0 Å². The molecule has 1 atom stereocenters. The molecule has 5 nitrogen and oxygen atoms in total. The van der Waals surface area contributed by atoms with E-state index in [2.05, 4.69) is 4.72 Å². The first kappa shape index (κ1) is 18.6. The fourth-order valence-corrected chi connectivity index (χ4v) is 4.19. The Balaban J connectivity index is 2.19. The number of carbonyl (C=O) groups is 1. The Kier molecular flexibility index (Phi) is 6.53. The van der Waals surface area contributed by atoms with E-state index < -0.39 is 22.0 Å². The number of benzene rings is 1. The molecule has 0 radical (unpaired) electrons. The van der Waals surface area contributed by atoms with E-state index in [0.717, 1.165) is 17.8 Å². The average molecular weight is 367 g/mol. The third-order valence-electron chi connectivity index (χ3n) is 3.34. The molecule has 2 rings (SSSR count). The summed E-state index contributed by atoms with van der Waals surface area (Å²) in [5, 5.41) is 1.67. The molecule has 1 aromatic heterocycles. The summed E-state index contributed by atoms with van der Waals surface area (Å²) in [5.41, 5.74) is 0.548. The van der Waals surface area contributed by atoms with Gasteiger partial charge in [0.2, 0.25) is 0 Å². The van der Waals surface area contributed by atoms with Crippen molar-refractivity contribution in [1.82, 2.24) is 4.72 Å². The number of sulfonamides is 1. The van der Waals surface area contributed by atoms with Crippen molar-refractivity contribution in [3.63, 3.8) is 0 Å². The van der Waals surface area contributed by atoms with Gasteiger partial charge < -0.3 is 4.74 Å². The summed E-state index contributed by atoms with van der Waals surface area (Å²) in [6.45, 7) is 4.32. The number of nitrogens with one attached hydrogen (secondary N) is 1. The van der Waals surface area contributed by atoms with Gasteiger partial charge in [-0.2, -0.15) is 4.72 Å².